The van der Waals surface area contributed by atoms with Crippen molar-refractivity contribution in [2.75, 3.05) is 0 Å². The standard InChI is InChI=1S/C21H25OSi/c1-21(2,3)23(22-18-13-7-8-14-18)20-16-10-9-15-19(20)17-11-5-4-6-12-17/h4-12,15-16,18H,13-14H2,1-3H3. The molecule has 0 spiro atoms. The van der Waals surface area contributed by atoms with Gasteiger partial charge in [0.15, 0.2) is 0 Å². The molecule has 3 rings (SSSR count). The minimum Gasteiger partial charge on any atom is -0.408 e. The van der Waals surface area contributed by atoms with Crippen molar-refractivity contribution in [1.82, 2.24) is 0 Å². The molecule has 0 unspecified atom stereocenters. The summed E-state index contributed by atoms with van der Waals surface area (Å²) in [6, 6.07) is 19.5. The van der Waals surface area contributed by atoms with Crippen molar-refractivity contribution in [3.63, 3.8) is 0 Å². The zero-order valence-corrected chi connectivity index (χ0v) is 15.3. The lowest BCUT2D eigenvalue weighted by atomic mass is 10.1. The van der Waals surface area contributed by atoms with Gasteiger partial charge in [0.25, 0.3) is 9.04 Å². The fourth-order valence-electron chi connectivity index (χ4n) is 3.05. The molecular weight excluding hydrogens is 296 g/mol. The maximum absolute atomic E-state index is 6.66. The Bertz CT molecular complexity index is 662. The molecule has 119 valence electrons. The van der Waals surface area contributed by atoms with Gasteiger partial charge in [0, 0.05) is 0 Å². The van der Waals surface area contributed by atoms with Crippen LogP contribution in [-0.2, 0) is 4.43 Å². The lowest BCUT2D eigenvalue weighted by Gasteiger charge is -2.32. The van der Waals surface area contributed by atoms with E-state index in [1.807, 2.05) is 0 Å². The van der Waals surface area contributed by atoms with Gasteiger partial charge in [0.1, 0.15) is 0 Å². The van der Waals surface area contributed by atoms with Gasteiger partial charge in [-0.2, -0.15) is 0 Å². The molecule has 0 N–H and O–H groups in total. The van der Waals surface area contributed by atoms with Crippen molar-refractivity contribution in [3.05, 3.63) is 66.7 Å². The minimum absolute atomic E-state index is 0.151. The van der Waals surface area contributed by atoms with E-state index >= 15 is 0 Å². The molecule has 2 aromatic carbocycles. The molecule has 0 heterocycles. The van der Waals surface area contributed by atoms with Crippen molar-refractivity contribution in [2.45, 2.75) is 44.8 Å². The fourth-order valence-corrected chi connectivity index (χ4v) is 5.58. The lowest BCUT2D eigenvalue weighted by Crippen LogP contribution is -2.44. The molecule has 0 saturated heterocycles. The third-order valence-electron chi connectivity index (χ3n) is 4.19. The highest BCUT2D eigenvalue weighted by molar-refractivity contribution is 6.71. The van der Waals surface area contributed by atoms with Gasteiger partial charge in [-0.05, 0) is 34.2 Å². The number of hydrogen-bond acceptors (Lipinski definition) is 1. The summed E-state index contributed by atoms with van der Waals surface area (Å²) in [5.74, 6) is 0. The van der Waals surface area contributed by atoms with E-state index < -0.39 is 9.04 Å². The molecule has 0 aliphatic heterocycles. The lowest BCUT2D eigenvalue weighted by molar-refractivity contribution is 0.210. The Kier molecular flexibility index (Phi) is 4.84. The van der Waals surface area contributed by atoms with E-state index in [-0.39, 0.29) is 5.04 Å². The third-order valence-corrected chi connectivity index (χ3v) is 7.04. The van der Waals surface area contributed by atoms with Crippen molar-refractivity contribution in [3.8, 4) is 11.1 Å². The molecule has 1 aliphatic rings. The average Bonchev–Trinajstić information content (AvgIpc) is 3.06. The second-order valence-corrected chi connectivity index (χ2v) is 10.1. The molecule has 2 heteroatoms. The van der Waals surface area contributed by atoms with Gasteiger partial charge >= 0.3 is 0 Å². The summed E-state index contributed by atoms with van der Waals surface area (Å²) in [7, 11) is -1.14. The summed E-state index contributed by atoms with van der Waals surface area (Å²) in [4.78, 5) is 0. The number of benzene rings is 2. The van der Waals surface area contributed by atoms with Crippen LogP contribution in [-0.4, -0.2) is 15.1 Å². The van der Waals surface area contributed by atoms with Crippen LogP contribution < -0.4 is 5.19 Å². The maximum atomic E-state index is 6.66. The third kappa shape index (κ3) is 3.82. The number of rotatable bonds is 4. The van der Waals surface area contributed by atoms with Gasteiger partial charge < -0.3 is 4.43 Å². The Morgan fingerprint density at radius 2 is 1.48 bits per heavy atom. The first-order valence-electron chi connectivity index (χ1n) is 8.39. The van der Waals surface area contributed by atoms with Crippen LogP contribution in [0.4, 0.5) is 0 Å². The van der Waals surface area contributed by atoms with Crippen molar-refractivity contribution < 1.29 is 4.43 Å². The summed E-state index contributed by atoms with van der Waals surface area (Å²) in [6.45, 7) is 6.93. The first kappa shape index (κ1) is 16.2. The molecule has 0 atom stereocenters. The van der Waals surface area contributed by atoms with E-state index in [1.165, 1.54) is 16.3 Å². The maximum Gasteiger partial charge on any atom is 0.253 e. The fraction of sp³-hybridized carbons (Fsp3) is 0.333. The van der Waals surface area contributed by atoms with Crippen LogP contribution in [0, 0.1) is 0 Å². The first-order valence-corrected chi connectivity index (χ1v) is 9.80. The van der Waals surface area contributed by atoms with E-state index in [0.29, 0.717) is 6.10 Å². The van der Waals surface area contributed by atoms with Crippen LogP contribution in [0.15, 0.2) is 66.7 Å². The van der Waals surface area contributed by atoms with Crippen LogP contribution in [0.2, 0.25) is 5.04 Å². The average molecular weight is 322 g/mol. The highest BCUT2D eigenvalue weighted by atomic mass is 28.3. The van der Waals surface area contributed by atoms with Gasteiger partial charge in [-0.1, -0.05) is 87.5 Å². The molecule has 2 aromatic rings. The second kappa shape index (κ2) is 6.86. The zero-order chi connectivity index (χ0) is 16.3. The Morgan fingerprint density at radius 3 is 2.13 bits per heavy atom. The van der Waals surface area contributed by atoms with Crippen LogP contribution in [0.5, 0.6) is 0 Å². The second-order valence-electron chi connectivity index (χ2n) is 7.17. The predicted molar refractivity (Wildman–Crippen MR) is 100 cm³/mol. The molecule has 0 fully saturated rings. The normalized spacial score (nSPS) is 15.5. The van der Waals surface area contributed by atoms with Gasteiger partial charge in [-0.25, -0.2) is 0 Å². The monoisotopic (exact) mass is 321 g/mol. The van der Waals surface area contributed by atoms with E-state index in [4.69, 9.17) is 4.43 Å². The molecule has 1 nitrogen and oxygen atoms in total. The zero-order valence-electron chi connectivity index (χ0n) is 14.3. The molecule has 1 radical (unpaired) electrons. The molecule has 0 amide bonds. The van der Waals surface area contributed by atoms with Crippen molar-refractivity contribution >= 4 is 14.2 Å². The van der Waals surface area contributed by atoms with Gasteiger partial charge in [-0.3, -0.25) is 0 Å². The quantitative estimate of drug-likeness (QED) is 0.563. The summed E-state index contributed by atoms with van der Waals surface area (Å²) < 4.78 is 6.66. The summed E-state index contributed by atoms with van der Waals surface area (Å²) in [5.41, 5.74) is 2.60. The topological polar surface area (TPSA) is 9.23 Å². The Balaban J connectivity index is 1.99. The summed E-state index contributed by atoms with van der Waals surface area (Å²) in [5, 5.41) is 1.54. The predicted octanol–water partition coefficient (Wildman–Crippen LogP) is 5.09. The molecule has 0 bridgehead atoms. The minimum atomic E-state index is -1.14. The highest BCUT2D eigenvalue weighted by Gasteiger charge is 2.35. The van der Waals surface area contributed by atoms with Gasteiger partial charge in [0.2, 0.25) is 0 Å². The van der Waals surface area contributed by atoms with Crippen LogP contribution >= 0.6 is 0 Å². The van der Waals surface area contributed by atoms with Gasteiger partial charge in [-0.15, -0.1) is 0 Å². The van der Waals surface area contributed by atoms with Crippen LogP contribution in [0.1, 0.15) is 33.6 Å². The molecule has 23 heavy (non-hydrogen) atoms. The van der Waals surface area contributed by atoms with E-state index in [9.17, 15) is 0 Å². The molecule has 0 saturated carbocycles. The molecule has 0 aromatic heterocycles. The largest absolute Gasteiger partial charge is 0.408 e. The molecule has 1 aliphatic carbocycles. The van der Waals surface area contributed by atoms with E-state index in [0.717, 1.165) is 12.8 Å². The van der Waals surface area contributed by atoms with Crippen molar-refractivity contribution in [2.24, 2.45) is 0 Å². The Morgan fingerprint density at radius 1 is 0.870 bits per heavy atom. The van der Waals surface area contributed by atoms with Crippen LogP contribution in [0.3, 0.4) is 0 Å². The molecular formula is C21H25OSi. The van der Waals surface area contributed by atoms with Crippen LogP contribution in [0.25, 0.3) is 11.1 Å². The first-order chi connectivity index (χ1) is 11.1. The SMILES string of the molecule is CC(C)(C)[Si](OC1CC=CC1)c1ccccc1-c1ccccc1. The highest BCUT2D eigenvalue weighted by Crippen LogP contribution is 2.32. The van der Waals surface area contributed by atoms with E-state index in [2.05, 4.69) is 87.5 Å². The van der Waals surface area contributed by atoms with Crippen molar-refractivity contribution in [1.29, 1.82) is 0 Å². The van der Waals surface area contributed by atoms with Gasteiger partial charge in [0.05, 0.1) is 6.10 Å². The van der Waals surface area contributed by atoms with E-state index in [1.54, 1.807) is 0 Å². The Hall–Kier alpha value is -1.64. The smallest absolute Gasteiger partial charge is 0.253 e. The summed E-state index contributed by atoms with van der Waals surface area (Å²) in [6.07, 6.45) is 6.95. The number of hydrogen-bond donors (Lipinski definition) is 0. The summed E-state index contributed by atoms with van der Waals surface area (Å²) >= 11 is 0. The Labute approximate surface area is 141 Å².